The quantitative estimate of drug-likeness (QED) is 0.137. The van der Waals surface area contributed by atoms with Crippen molar-refractivity contribution < 1.29 is 4.42 Å². The van der Waals surface area contributed by atoms with Crippen LogP contribution in [0.1, 0.15) is 0 Å². The van der Waals surface area contributed by atoms with E-state index in [4.69, 9.17) is 4.42 Å². The van der Waals surface area contributed by atoms with Crippen LogP contribution in [-0.4, -0.2) is 0 Å². The minimum Gasteiger partial charge on any atom is -0.456 e. The summed E-state index contributed by atoms with van der Waals surface area (Å²) in [6.45, 7) is 0. The van der Waals surface area contributed by atoms with Gasteiger partial charge < -0.3 is 4.42 Å². The van der Waals surface area contributed by atoms with Gasteiger partial charge in [0.2, 0.25) is 0 Å². The van der Waals surface area contributed by atoms with Crippen molar-refractivity contribution in [3.05, 3.63) is 182 Å². The van der Waals surface area contributed by atoms with Crippen LogP contribution in [0.15, 0.2) is 186 Å². The smallest absolute Gasteiger partial charge is 0.136 e. The van der Waals surface area contributed by atoms with Crippen molar-refractivity contribution in [2.24, 2.45) is 0 Å². The second kappa shape index (κ2) is 10.9. The summed E-state index contributed by atoms with van der Waals surface area (Å²) in [5.74, 6) is 0. The third kappa shape index (κ3) is 4.22. The molecule has 0 aliphatic carbocycles. The van der Waals surface area contributed by atoms with Gasteiger partial charge in [-0.1, -0.05) is 158 Å². The second-order valence-corrected chi connectivity index (χ2v) is 13.6. The Bertz CT molecular complexity index is 3070. The Hall–Kier alpha value is -6.70. The van der Waals surface area contributed by atoms with E-state index in [0.717, 1.165) is 11.2 Å². The van der Waals surface area contributed by atoms with Crippen molar-refractivity contribution in [2.75, 3.05) is 0 Å². The van der Waals surface area contributed by atoms with Crippen molar-refractivity contribution in [3.8, 4) is 44.5 Å². The molecule has 0 saturated carbocycles. The Morgan fingerprint density at radius 1 is 0.275 bits per heavy atom. The average molecular weight is 647 g/mol. The monoisotopic (exact) mass is 646 g/mol. The van der Waals surface area contributed by atoms with Crippen LogP contribution in [0.25, 0.3) is 110 Å². The molecule has 0 amide bonds. The highest BCUT2D eigenvalue weighted by molar-refractivity contribution is 6.25. The highest BCUT2D eigenvalue weighted by Gasteiger charge is 2.20. The second-order valence-electron chi connectivity index (χ2n) is 13.6. The molecule has 51 heavy (non-hydrogen) atoms. The summed E-state index contributed by atoms with van der Waals surface area (Å²) in [7, 11) is 0. The molecule has 11 rings (SSSR count). The molecule has 1 aromatic heterocycles. The normalized spacial score (nSPS) is 11.9. The Morgan fingerprint density at radius 2 is 0.902 bits per heavy atom. The average Bonchev–Trinajstić information content (AvgIpc) is 3.59. The molecule has 0 atom stereocenters. The molecule has 0 fully saturated rings. The van der Waals surface area contributed by atoms with E-state index < -0.39 is 0 Å². The molecule has 0 unspecified atom stereocenters. The molecule has 0 aliphatic rings. The lowest BCUT2D eigenvalue weighted by molar-refractivity contribution is 0.669. The Balaban J connectivity index is 1.16. The molecule has 236 valence electrons. The maximum Gasteiger partial charge on any atom is 0.136 e. The topological polar surface area (TPSA) is 13.1 Å². The summed E-state index contributed by atoms with van der Waals surface area (Å²) >= 11 is 0. The van der Waals surface area contributed by atoms with Crippen LogP contribution in [-0.2, 0) is 0 Å². The summed E-state index contributed by atoms with van der Waals surface area (Å²) in [5.41, 5.74) is 11.7. The lowest BCUT2D eigenvalue weighted by Gasteiger charge is -2.19. The minimum absolute atomic E-state index is 0.939. The van der Waals surface area contributed by atoms with Gasteiger partial charge in [0, 0.05) is 10.8 Å². The van der Waals surface area contributed by atoms with Crippen LogP contribution in [0.5, 0.6) is 0 Å². The van der Waals surface area contributed by atoms with Crippen LogP contribution in [0.4, 0.5) is 0 Å². The van der Waals surface area contributed by atoms with Crippen LogP contribution in [0, 0.1) is 0 Å². The van der Waals surface area contributed by atoms with Gasteiger partial charge in [0.05, 0.1) is 0 Å². The fraction of sp³-hybridized carbons (Fsp3) is 0. The van der Waals surface area contributed by atoms with Gasteiger partial charge in [-0.3, -0.25) is 0 Å². The van der Waals surface area contributed by atoms with Crippen LogP contribution in [0.3, 0.4) is 0 Å². The maximum absolute atomic E-state index is 6.30. The fourth-order valence-electron chi connectivity index (χ4n) is 8.57. The lowest BCUT2D eigenvalue weighted by atomic mass is 9.84. The van der Waals surface area contributed by atoms with Crippen LogP contribution < -0.4 is 0 Å². The standard InChI is InChI=1S/C50H30O/c1-2-11-31(12-3-1)34-24-23-32-13-9-21-42(44(32)30-34)49-40-19-6-4-17-38(40)47(39-18-5-7-20-41(39)49)36-16-8-15-35(29-36)37-27-28-46-50-43(37)26-25-33-14-10-22-45(51-46)48(33)50/h1-30H. The predicted octanol–water partition coefficient (Wildman–Crippen LogP) is 14.3. The molecule has 10 aromatic carbocycles. The number of benzene rings is 10. The highest BCUT2D eigenvalue weighted by atomic mass is 16.3. The summed E-state index contributed by atoms with van der Waals surface area (Å²) in [6.07, 6.45) is 0. The van der Waals surface area contributed by atoms with Gasteiger partial charge in [0.1, 0.15) is 11.2 Å². The molecule has 0 aliphatic heterocycles. The summed E-state index contributed by atoms with van der Waals surface area (Å²) in [5, 5.41) is 12.4. The van der Waals surface area contributed by atoms with E-state index in [0.29, 0.717) is 0 Å². The van der Waals surface area contributed by atoms with Crippen LogP contribution >= 0.6 is 0 Å². The van der Waals surface area contributed by atoms with Crippen molar-refractivity contribution in [1.29, 1.82) is 0 Å². The summed E-state index contributed by atoms with van der Waals surface area (Å²) in [6, 6.07) is 66.4. The van der Waals surface area contributed by atoms with Gasteiger partial charge in [-0.15, -0.1) is 0 Å². The zero-order valence-electron chi connectivity index (χ0n) is 27.7. The van der Waals surface area contributed by atoms with Crippen molar-refractivity contribution in [3.63, 3.8) is 0 Å². The Kier molecular flexibility index (Phi) is 6.02. The maximum atomic E-state index is 6.30. The first-order chi connectivity index (χ1) is 25.3. The molecular weight excluding hydrogens is 617 g/mol. The first-order valence-electron chi connectivity index (χ1n) is 17.6. The first-order valence-corrected chi connectivity index (χ1v) is 17.6. The van der Waals surface area contributed by atoms with Crippen LogP contribution in [0.2, 0.25) is 0 Å². The van der Waals surface area contributed by atoms with E-state index in [1.165, 1.54) is 98.4 Å². The van der Waals surface area contributed by atoms with E-state index in [2.05, 4.69) is 182 Å². The minimum atomic E-state index is 0.939. The largest absolute Gasteiger partial charge is 0.456 e. The van der Waals surface area contributed by atoms with E-state index in [1.807, 2.05) is 0 Å². The molecule has 1 heteroatoms. The number of furan rings is 1. The zero-order valence-corrected chi connectivity index (χ0v) is 27.7. The third-order valence-electron chi connectivity index (χ3n) is 10.8. The molecule has 0 bridgehead atoms. The third-order valence-corrected chi connectivity index (χ3v) is 10.8. The number of rotatable bonds is 4. The summed E-state index contributed by atoms with van der Waals surface area (Å²) in [4.78, 5) is 0. The van der Waals surface area contributed by atoms with E-state index >= 15 is 0 Å². The Labute approximate surface area is 295 Å². The van der Waals surface area contributed by atoms with Gasteiger partial charge >= 0.3 is 0 Å². The molecular formula is C50H30O. The molecule has 0 radical (unpaired) electrons. The lowest BCUT2D eigenvalue weighted by Crippen LogP contribution is -1.92. The van der Waals surface area contributed by atoms with Crippen molar-refractivity contribution in [1.82, 2.24) is 0 Å². The Morgan fingerprint density at radius 3 is 1.71 bits per heavy atom. The van der Waals surface area contributed by atoms with E-state index in [1.54, 1.807) is 0 Å². The SMILES string of the molecule is c1ccc(-c2ccc3cccc(-c4c5ccccc5c(-c5cccc(-c6ccc7oc8cccc9ccc6c7c98)c5)c5ccccc45)c3c2)cc1. The van der Waals surface area contributed by atoms with Gasteiger partial charge in [-0.25, -0.2) is 0 Å². The van der Waals surface area contributed by atoms with Gasteiger partial charge in [-0.05, 0) is 112 Å². The van der Waals surface area contributed by atoms with E-state index in [9.17, 15) is 0 Å². The van der Waals surface area contributed by atoms with E-state index in [-0.39, 0.29) is 0 Å². The summed E-state index contributed by atoms with van der Waals surface area (Å²) < 4.78 is 6.30. The molecule has 1 nitrogen and oxygen atoms in total. The first kappa shape index (κ1) is 28.2. The van der Waals surface area contributed by atoms with Gasteiger partial charge in [-0.2, -0.15) is 0 Å². The molecule has 11 aromatic rings. The van der Waals surface area contributed by atoms with Crippen molar-refractivity contribution in [2.45, 2.75) is 0 Å². The predicted molar refractivity (Wildman–Crippen MR) is 217 cm³/mol. The number of hydrogen-bond acceptors (Lipinski definition) is 1. The van der Waals surface area contributed by atoms with Gasteiger partial charge in [0.25, 0.3) is 0 Å². The molecule has 1 heterocycles. The number of hydrogen-bond donors (Lipinski definition) is 0. The zero-order chi connectivity index (χ0) is 33.5. The number of fused-ring (bicyclic) bond motifs is 3. The molecule has 0 saturated heterocycles. The molecule has 0 N–H and O–H groups in total. The fourth-order valence-corrected chi connectivity index (χ4v) is 8.57. The van der Waals surface area contributed by atoms with Gasteiger partial charge in [0.15, 0.2) is 0 Å². The molecule has 0 spiro atoms. The highest BCUT2D eigenvalue weighted by Crippen LogP contribution is 2.47. The van der Waals surface area contributed by atoms with Crippen molar-refractivity contribution >= 4 is 65.0 Å².